The highest BCUT2D eigenvalue weighted by Crippen LogP contribution is 2.32. The maximum absolute atomic E-state index is 13.3. The van der Waals surface area contributed by atoms with Gasteiger partial charge in [0.1, 0.15) is 16.5 Å². The molecular formula is C24H16FN3O2S. The van der Waals surface area contributed by atoms with Gasteiger partial charge in [0.15, 0.2) is 0 Å². The molecule has 0 N–H and O–H groups in total. The molecule has 3 aromatic carbocycles. The third kappa shape index (κ3) is 3.47. The number of hydrogen-bond acceptors (Lipinski definition) is 5. The first-order valence-electron chi connectivity index (χ1n) is 9.73. The molecule has 1 aromatic heterocycles. The second kappa shape index (κ2) is 7.92. The molecule has 0 aliphatic carbocycles. The second-order valence-corrected chi connectivity index (χ2v) is 8.15. The molecule has 4 aromatic rings. The van der Waals surface area contributed by atoms with Gasteiger partial charge in [0, 0.05) is 28.6 Å². The average molecular weight is 429 g/mol. The molecule has 0 saturated heterocycles. The maximum Gasteiger partial charge on any atom is 0.261 e. The Morgan fingerprint density at radius 1 is 0.774 bits per heavy atom. The number of thioether (sulfide) groups is 1. The minimum atomic E-state index is -0.304. The number of rotatable bonds is 5. The molecule has 152 valence electrons. The monoisotopic (exact) mass is 429 g/mol. The van der Waals surface area contributed by atoms with Crippen LogP contribution in [0.3, 0.4) is 0 Å². The van der Waals surface area contributed by atoms with E-state index in [1.165, 1.54) is 28.8 Å². The molecule has 2 amide bonds. The van der Waals surface area contributed by atoms with Gasteiger partial charge in [0.2, 0.25) is 0 Å². The quantitative estimate of drug-likeness (QED) is 0.336. The molecule has 0 saturated carbocycles. The zero-order valence-corrected chi connectivity index (χ0v) is 17.1. The van der Waals surface area contributed by atoms with Crippen molar-refractivity contribution < 1.29 is 14.0 Å². The fourth-order valence-corrected chi connectivity index (χ4v) is 4.58. The largest absolute Gasteiger partial charge is 0.273 e. The van der Waals surface area contributed by atoms with Crippen molar-refractivity contribution in [2.24, 2.45) is 0 Å². The van der Waals surface area contributed by atoms with Crippen molar-refractivity contribution in [2.75, 3.05) is 12.3 Å². The third-order valence-electron chi connectivity index (χ3n) is 5.20. The Labute approximate surface area is 181 Å². The minimum Gasteiger partial charge on any atom is -0.273 e. The highest BCUT2D eigenvalue weighted by molar-refractivity contribution is 7.99. The van der Waals surface area contributed by atoms with Crippen LogP contribution >= 0.6 is 11.8 Å². The summed E-state index contributed by atoms with van der Waals surface area (Å²) in [6.07, 6.45) is 0. The van der Waals surface area contributed by atoms with Crippen molar-refractivity contribution in [1.82, 2.24) is 15.1 Å². The summed E-state index contributed by atoms with van der Waals surface area (Å²) in [5, 5.41) is 11.3. The summed E-state index contributed by atoms with van der Waals surface area (Å²) in [7, 11) is 0. The van der Waals surface area contributed by atoms with Gasteiger partial charge in [-0.2, -0.15) is 0 Å². The van der Waals surface area contributed by atoms with Crippen LogP contribution in [0.5, 0.6) is 0 Å². The smallest absolute Gasteiger partial charge is 0.261 e. The van der Waals surface area contributed by atoms with Crippen LogP contribution in [-0.2, 0) is 0 Å². The zero-order valence-electron chi connectivity index (χ0n) is 16.3. The fraction of sp³-hybridized carbons (Fsp3) is 0.0833. The number of benzene rings is 3. The Kier molecular flexibility index (Phi) is 4.95. The Balaban J connectivity index is 1.37. The topological polar surface area (TPSA) is 63.2 Å². The summed E-state index contributed by atoms with van der Waals surface area (Å²) in [4.78, 5) is 26.3. The molecule has 0 bridgehead atoms. The lowest BCUT2D eigenvalue weighted by molar-refractivity contribution is 0.0664. The van der Waals surface area contributed by atoms with Gasteiger partial charge in [-0.15, -0.1) is 22.0 Å². The maximum atomic E-state index is 13.3. The average Bonchev–Trinajstić information content (AvgIpc) is 3.05. The van der Waals surface area contributed by atoms with Crippen LogP contribution < -0.4 is 0 Å². The number of nitrogens with zero attached hydrogens (tertiary/aromatic N) is 3. The normalized spacial score (nSPS) is 13.1. The third-order valence-corrected chi connectivity index (χ3v) is 6.16. The van der Waals surface area contributed by atoms with E-state index in [2.05, 4.69) is 10.2 Å². The second-order valence-electron chi connectivity index (χ2n) is 7.06. The van der Waals surface area contributed by atoms with Gasteiger partial charge in [0.25, 0.3) is 11.8 Å². The number of halogens is 1. The number of fused-ring (bicyclic) bond motifs is 2. The molecule has 7 heteroatoms. The van der Waals surface area contributed by atoms with Crippen molar-refractivity contribution in [3.63, 3.8) is 0 Å². The number of amides is 2. The minimum absolute atomic E-state index is 0.260. The Hall–Kier alpha value is -3.58. The lowest BCUT2D eigenvalue weighted by Gasteiger charge is -2.14. The fourth-order valence-electron chi connectivity index (χ4n) is 3.68. The van der Waals surface area contributed by atoms with Crippen LogP contribution in [0.15, 0.2) is 77.8 Å². The van der Waals surface area contributed by atoms with E-state index in [0.29, 0.717) is 22.6 Å². The molecular weight excluding hydrogens is 413 g/mol. The number of imide groups is 1. The van der Waals surface area contributed by atoms with Crippen LogP contribution in [0, 0.1) is 5.82 Å². The molecule has 1 aliphatic heterocycles. The summed E-state index contributed by atoms with van der Waals surface area (Å²) >= 11 is 1.45. The first-order valence-corrected chi connectivity index (χ1v) is 10.7. The lowest BCUT2D eigenvalue weighted by atomic mass is 10.1. The standard InChI is InChI=1S/C24H16FN3O2S/c25-16-11-9-15(10-12-16)21-17-5-1-2-6-18(17)22(27-26-21)31-14-13-28-23(29)19-7-3-4-8-20(19)24(28)30/h1-12H,13-14H2. The van der Waals surface area contributed by atoms with Crippen molar-refractivity contribution in [3.8, 4) is 11.3 Å². The zero-order chi connectivity index (χ0) is 21.4. The Bertz CT molecular complexity index is 1290. The number of hydrogen-bond donors (Lipinski definition) is 0. The molecule has 2 heterocycles. The van der Waals surface area contributed by atoms with Gasteiger partial charge in [-0.1, -0.05) is 36.4 Å². The number of aromatic nitrogens is 2. The van der Waals surface area contributed by atoms with Gasteiger partial charge in [-0.3, -0.25) is 14.5 Å². The van der Waals surface area contributed by atoms with Crippen LogP contribution in [0.2, 0.25) is 0 Å². The van der Waals surface area contributed by atoms with E-state index in [0.717, 1.165) is 21.4 Å². The molecule has 5 rings (SSSR count). The SMILES string of the molecule is O=C1c2ccccc2C(=O)N1CCSc1nnc(-c2ccc(F)cc2)c2ccccc12. The molecule has 0 fully saturated rings. The van der Waals surface area contributed by atoms with Gasteiger partial charge >= 0.3 is 0 Å². The molecule has 5 nitrogen and oxygen atoms in total. The predicted octanol–water partition coefficient (Wildman–Crippen LogP) is 4.82. The molecule has 0 unspecified atom stereocenters. The van der Waals surface area contributed by atoms with E-state index in [4.69, 9.17) is 0 Å². The highest BCUT2D eigenvalue weighted by Gasteiger charge is 2.34. The number of carbonyl (C=O) groups is 2. The van der Waals surface area contributed by atoms with E-state index < -0.39 is 0 Å². The van der Waals surface area contributed by atoms with E-state index >= 15 is 0 Å². The summed E-state index contributed by atoms with van der Waals surface area (Å²) in [5.41, 5.74) is 2.37. The summed E-state index contributed by atoms with van der Waals surface area (Å²) in [5.74, 6) is -0.325. The summed E-state index contributed by atoms with van der Waals surface area (Å²) in [6.45, 7) is 0.284. The van der Waals surface area contributed by atoms with E-state index in [1.54, 1.807) is 36.4 Å². The Morgan fingerprint density at radius 3 is 2.06 bits per heavy atom. The van der Waals surface area contributed by atoms with Gasteiger partial charge in [0.05, 0.1) is 11.1 Å². The number of carbonyl (C=O) groups excluding carboxylic acids is 2. The van der Waals surface area contributed by atoms with E-state index in [1.807, 2.05) is 24.3 Å². The first kappa shape index (κ1) is 19.4. The molecule has 31 heavy (non-hydrogen) atoms. The van der Waals surface area contributed by atoms with E-state index in [9.17, 15) is 14.0 Å². The summed E-state index contributed by atoms with van der Waals surface area (Å²) < 4.78 is 13.3. The highest BCUT2D eigenvalue weighted by atomic mass is 32.2. The Morgan fingerprint density at radius 2 is 1.39 bits per heavy atom. The van der Waals surface area contributed by atoms with Crippen molar-refractivity contribution in [1.29, 1.82) is 0 Å². The first-order chi connectivity index (χ1) is 15.1. The van der Waals surface area contributed by atoms with Crippen LogP contribution in [-0.4, -0.2) is 39.2 Å². The van der Waals surface area contributed by atoms with Crippen LogP contribution in [0.25, 0.3) is 22.0 Å². The summed E-state index contributed by atoms with van der Waals surface area (Å²) in [6, 6.07) is 20.8. The van der Waals surface area contributed by atoms with Crippen LogP contribution in [0.4, 0.5) is 4.39 Å². The van der Waals surface area contributed by atoms with Crippen LogP contribution in [0.1, 0.15) is 20.7 Å². The van der Waals surface area contributed by atoms with Gasteiger partial charge < -0.3 is 0 Å². The van der Waals surface area contributed by atoms with Crippen molar-refractivity contribution in [2.45, 2.75) is 5.03 Å². The van der Waals surface area contributed by atoms with Crippen molar-refractivity contribution >= 4 is 34.3 Å². The molecule has 0 radical (unpaired) electrons. The van der Waals surface area contributed by atoms with E-state index in [-0.39, 0.29) is 24.2 Å². The predicted molar refractivity (Wildman–Crippen MR) is 117 cm³/mol. The van der Waals surface area contributed by atoms with Crippen molar-refractivity contribution in [3.05, 3.63) is 89.7 Å². The molecule has 0 atom stereocenters. The molecule has 1 aliphatic rings. The lowest BCUT2D eigenvalue weighted by Crippen LogP contribution is -2.31. The molecule has 0 spiro atoms. The van der Waals surface area contributed by atoms with Gasteiger partial charge in [-0.05, 0) is 36.4 Å². The van der Waals surface area contributed by atoms with Gasteiger partial charge in [-0.25, -0.2) is 4.39 Å².